The second-order valence-electron chi connectivity index (χ2n) is 10.5. The van der Waals surface area contributed by atoms with Gasteiger partial charge in [-0.3, -0.25) is 14.3 Å². The van der Waals surface area contributed by atoms with Crippen LogP contribution in [0.1, 0.15) is 51.5 Å². The first-order valence-electron chi connectivity index (χ1n) is 14.4. The highest BCUT2D eigenvalue weighted by molar-refractivity contribution is 5.94. The molecule has 1 aromatic heterocycles. The lowest BCUT2D eigenvalue weighted by atomic mass is 9.90. The molecule has 3 N–H and O–H groups in total. The molecule has 44 heavy (non-hydrogen) atoms. The van der Waals surface area contributed by atoms with Crippen molar-refractivity contribution in [2.75, 3.05) is 7.11 Å². The number of aryl methyl sites for hydroxylation is 2. The zero-order chi connectivity index (χ0) is 31.5. The molecule has 2 atom stereocenters. The Balaban J connectivity index is 1.51. The summed E-state index contributed by atoms with van der Waals surface area (Å²) in [5, 5.41) is 19.6. The average Bonchev–Trinajstić information content (AvgIpc) is 3.50. The van der Waals surface area contributed by atoms with Crippen LogP contribution < -0.4 is 10.6 Å². The molecule has 228 valence electrons. The van der Waals surface area contributed by atoms with E-state index in [0.29, 0.717) is 13.0 Å². The molecule has 0 radical (unpaired) electrons. The molecule has 2 amide bonds. The van der Waals surface area contributed by atoms with Crippen molar-refractivity contribution in [1.29, 1.82) is 0 Å². The van der Waals surface area contributed by atoms with E-state index < -0.39 is 35.8 Å². The maximum absolute atomic E-state index is 13.9. The van der Waals surface area contributed by atoms with Crippen LogP contribution in [-0.4, -0.2) is 57.8 Å². The zero-order valence-electron chi connectivity index (χ0n) is 24.7. The standard InChI is InChI=1S/C34H36N4O6/c1-23-11-9-12-24(21-23)22-29(36-32(40)30(25-13-5-3-6-14-25)26-15-7-4-8-16-26)31(39)35-27(33(41)42)17-10-19-38-20-18-28(37-38)34(43)44-2/h3-9,11-16,18,20-21,27,29-30H,10,17,19,22H2,1-2H3,(H,35,39)(H,36,40)(H,41,42)/t27-,29-/m0/s1. The fraction of sp³-hybridized carbons (Fsp3) is 0.265. The fourth-order valence-corrected chi connectivity index (χ4v) is 5.01. The number of carboxylic acid groups (broad SMARTS) is 1. The Morgan fingerprint density at radius 2 is 1.48 bits per heavy atom. The number of carbonyl (C=O) groups excluding carboxylic acids is 3. The van der Waals surface area contributed by atoms with E-state index in [-0.39, 0.29) is 24.4 Å². The summed E-state index contributed by atoms with van der Waals surface area (Å²) in [5.41, 5.74) is 3.51. The van der Waals surface area contributed by atoms with Crippen molar-refractivity contribution in [2.45, 2.75) is 50.7 Å². The minimum Gasteiger partial charge on any atom is -0.480 e. The van der Waals surface area contributed by atoms with E-state index in [9.17, 15) is 24.3 Å². The fourth-order valence-electron chi connectivity index (χ4n) is 5.01. The molecule has 0 saturated carbocycles. The van der Waals surface area contributed by atoms with E-state index in [0.717, 1.165) is 22.3 Å². The maximum atomic E-state index is 13.9. The highest BCUT2D eigenvalue weighted by Crippen LogP contribution is 2.25. The minimum atomic E-state index is -1.20. The topological polar surface area (TPSA) is 140 Å². The van der Waals surface area contributed by atoms with Crippen molar-refractivity contribution in [3.05, 3.63) is 125 Å². The van der Waals surface area contributed by atoms with Crippen LogP contribution in [-0.2, 0) is 32.1 Å². The Hall–Kier alpha value is -5.25. The number of ether oxygens (including phenoxy) is 1. The first-order chi connectivity index (χ1) is 21.2. The van der Waals surface area contributed by atoms with E-state index >= 15 is 0 Å². The Labute approximate surface area is 256 Å². The third kappa shape index (κ3) is 8.64. The number of aliphatic carboxylic acids is 1. The predicted octanol–water partition coefficient (Wildman–Crippen LogP) is 3.89. The molecule has 4 rings (SSSR count). The van der Waals surface area contributed by atoms with E-state index in [1.807, 2.05) is 91.9 Å². The molecule has 0 aliphatic rings. The molecule has 3 aromatic carbocycles. The molecule has 4 aromatic rings. The van der Waals surface area contributed by atoms with E-state index in [4.69, 9.17) is 0 Å². The summed E-state index contributed by atoms with van der Waals surface area (Å²) < 4.78 is 6.18. The lowest BCUT2D eigenvalue weighted by Gasteiger charge is -2.25. The molecular formula is C34H36N4O6. The van der Waals surface area contributed by atoms with E-state index in [1.165, 1.54) is 17.9 Å². The quantitative estimate of drug-likeness (QED) is 0.188. The van der Waals surface area contributed by atoms with Crippen LogP contribution in [0.4, 0.5) is 0 Å². The smallest absolute Gasteiger partial charge is 0.358 e. The highest BCUT2D eigenvalue weighted by Gasteiger charge is 2.30. The SMILES string of the molecule is COC(=O)c1ccn(CCC[C@H](NC(=O)[C@H](Cc2cccc(C)c2)NC(=O)C(c2ccccc2)c2ccccc2)C(=O)O)n1. The summed E-state index contributed by atoms with van der Waals surface area (Å²) in [4.78, 5) is 51.4. The second kappa shape index (κ2) is 15.3. The number of carboxylic acids is 1. The Kier molecular flexibility index (Phi) is 11.0. The van der Waals surface area contributed by atoms with Gasteiger partial charge >= 0.3 is 11.9 Å². The Bertz CT molecular complexity index is 1530. The number of rotatable bonds is 14. The first kappa shape index (κ1) is 31.7. The molecule has 0 fully saturated rings. The van der Waals surface area contributed by atoms with Crippen molar-refractivity contribution in [3.8, 4) is 0 Å². The third-order valence-corrected chi connectivity index (χ3v) is 7.21. The zero-order valence-corrected chi connectivity index (χ0v) is 24.7. The van der Waals surface area contributed by atoms with Gasteiger partial charge in [0.15, 0.2) is 5.69 Å². The van der Waals surface area contributed by atoms with Crippen LogP contribution in [0.5, 0.6) is 0 Å². The summed E-state index contributed by atoms with van der Waals surface area (Å²) >= 11 is 0. The van der Waals surface area contributed by atoms with Crippen LogP contribution in [0.2, 0.25) is 0 Å². The predicted molar refractivity (Wildman–Crippen MR) is 164 cm³/mol. The van der Waals surface area contributed by atoms with Gasteiger partial charge in [0.05, 0.1) is 13.0 Å². The number of methoxy groups -OCH3 is 1. The molecule has 0 saturated heterocycles. The first-order valence-corrected chi connectivity index (χ1v) is 14.4. The number of hydrogen-bond donors (Lipinski definition) is 3. The molecule has 10 nitrogen and oxygen atoms in total. The molecule has 0 aliphatic heterocycles. The van der Waals surface area contributed by atoms with Gasteiger partial charge < -0.3 is 20.5 Å². The van der Waals surface area contributed by atoms with Gasteiger partial charge in [0, 0.05) is 19.2 Å². The van der Waals surface area contributed by atoms with Crippen LogP contribution >= 0.6 is 0 Å². The van der Waals surface area contributed by atoms with Crippen LogP contribution in [0, 0.1) is 6.92 Å². The van der Waals surface area contributed by atoms with Crippen LogP contribution in [0.15, 0.2) is 97.2 Å². The van der Waals surface area contributed by atoms with Gasteiger partial charge in [0.25, 0.3) is 0 Å². The van der Waals surface area contributed by atoms with E-state index in [1.54, 1.807) is 6.20 Å². The third-order valence-electron chi connectivity index (χ3n) is 7.21. The normalized spacial score (nSPS) is 12.2. The highest BCUT2D eigenvalue weighted by atomic mass is 16.5. The number of nitrogens with zero attached hydrogens (tertiary/aromatic N) is 2. The van der Waals surface area contributed by atoms with Gasteiger partial charge in [-0.25, -0.2) is 9.59 Å². The largest absolute Gasteiger partial charge is 0.480 e. The molecule has 0 bridgehead atoms. The van der Waals surface area contributed by atoms with Crippen molar-refractivity contribution >= 4 is 23.8 Å². The van der Waals surface area contributed by atoms with Gasteiger partial charge in [-0.1, -0.05) is 90.5 Å². The van der Waals surface area contributed by atoms with Crippen molar-refractivity contribution in [2.24, 2.45) is 0 Å². The Morgan fingerprint density at radius 1 is 0.841 bits per heavy atom. The number of esters is 1. The van der Waals surface area contributed by atoms with E-state index in [2.05, 4.69) is 20.5 Å². The van der Waals surface area contributed by atoms with Gasteiger partial charge in [0.2, 0.25) is 11.8 Å². The molecular weight excluding hydrogens is 560 g/mol. The number of carbonyl (C=O) groups is 4. The van der Waals surface area contributed by atoms with Crippen LogP contribution in [0.25, 0.3) is 0 Å². The van der Waals surface area contributed by atoms with Crippen LogP contribution in [0.3, 0.4) is 0 Å². The van der Waals surface area contributed by atoms with Crippen molar-refractivity contribution in [3.63, 3.8) is 0 Å². The summed E-state index contributed by atoms with van der Waals surface area (Å²) in [6.07, 6.45) is 2.24. The number of nitrogens with one attached hydrogen (secondary N) is 2. The maximum Gasteiger partial charge on any atom is 0.358 e. The average molecular weight is 597 g/mol. The van der Waals surface area contributed by atoms with Gasteiger partial charge in [-0.15, -0.1) is 0 Å². The summed E-state index contributed by atoms with van der Waals surface area (Å²) in [5.74, 6) is -3.41. The van der Waals surface area contributed by atoms with Gasteiger partial charge in [-0.05, 0) is 42.5 Å². The summed E-state index contributed by atoms with van der Waals surface area (Å²) in [6.45, 7) is 2.27. The molecule has 0 unspecified atom stereocenters. The number of hydrogen-bond acceptors (Lipinski definition) is 6. The molecule has 1 heterocycles. The van der Waals surface area contributed by atoms with Crippen molar-refractivity contribution in [1.82, 2.24) is 20.4 Å². The second-order valence-corrected chi connectivity index (χ2v) is 10.5. The van der Waals surface area contributed by atoms with Gasteiger partial charge in [-0.2, -0.15) is 5.10 Å². The number of aromatic nitrogens is 2. The minimum absolute atomic E-state index is 0.107. The summed E-state index contributed by atoms with van der Waals surface area (Å²) in [6, 6.07) is 25.5. The van der Waals surface area contributed by atoms with Crippen molar-refractivity contribution < 1.29 is 29.0 Å². The van der Waals surface area contributed by atoms with Gasteiger partial charge in [0.1, 0.15) is 12.1 Å². The molecule has 10 heteroatoms. The number of benzene rings is 3. The molecule has 0 spiro atoms. The lowest BCUT2D eigenvalue weighted by Crippen LogP contribution is -2.53. The number of amides is 2. The molecule has 0 aliphatic carbocycles. The summed E-state index contributed by atoms with van der Waals surface area (Å²) in [7, 11) is 1.26. The Morgan fingerprint density at radius 3 is 2.07 bits per heavy atom. The monoisotopic (exact) mass is 596 g/mol. The lowest BCUT2D eigenvalue weighted by molar-refractivity contribution is -0.142.